The number of rotatable bonds is 7. The fraction of sp³-hybridized carbons (Fsp3) is 0.667. The van der Waals surface area contributed by atoms with E-state index >= 15 is 0 Å². The van der Waals surface area contributed by atoms with E-state index in [1.807, 2.05) is 12.3 Å². The number of nitrogens with zero attached hydrogens (tertiary/aromatic N) is 1. The summed E-state index contributed by atoms with van der Waals surface area (Å²) >= 11 is 0. The summed E-state index contributed by atoms with van der Waals surface area (Å²) < 4.78 is 0. The molecule has 0 spiro atoms. The third-order valence-electron chi connectivity index (χ3n) is 4.67. The van der Waals surface area contributed by atoms with Crippen molar-refractivity contribution in [3.8, 4) is 0 Å². The largest absolute Gasteiger partial charge is 0.355 e. The van der Waals surface area contributed by atoms with Crippen LogP contribution in [0.2, 0.25) is 0 Å². The highest BCUT2D eigenvalue weighted by molar-refractivity contribution is 5.75. The Balaban J connectivity index is 1.75. The van der Waals surface area contributed by atoms with Crippen LogP contribution in [0, 0.1) is 11.8 Å². The highest BCUT2D eigenvalue weighted by Gasteiger charge is 2.18. The Bertz CT molecular complexity index is 441. The minimum atomic E-state index is 0.188. The van der Waals surface area contributed by atoms with E-state index < -0.39 is 0 Å². The van der Waals surface area contributed by atoms with Crippen molar-refractivity contribution < 1.29 is 4.79 Å². The third kappa shape index (κ3) is 5.41. The van der Waals surface area contributed by atoms with Gasteiger partial charge in [-0.3, -0.25) is 9.78 Å². The van der Waals surface area contributed by atoms with E-state index in [1.165, 1.54) is 18.4 Å². The minimum Gasteiger partial charge on any atom is -0.355 e. The Kier molecular flexibility index (Phi) is 6.84. The van der Waals surface area contributed by atoms with Gasteiger partial charge in [-0.05, 0) is 55.8 Å². The van der Waals surface area contributed by atoms with Gasteiger partial charge in [-0.25, -0.2) is 0 Å². The highest BCUT2D eigenvalue weighted by Crippen LogP contribution is 2.23. The molecule has 2 N–H and O–H groups in total. The van der Waals surface area contributed by atoms with Crippen LogP contribution in [-0.2, 0) is 4.79 Å². The molecule has 1 aliphatic heterocycles. The summed E-state index contributed by atoms with van der Waals surface area (Å²) in [5.74, 6) is 1.71. The van der Waals surface area contributed by atoms with Gasteiger partial charge in [0.15, 0.2) is 0 Å². The number of aromatic nitrogens is 1. The van der Waals surface area contributed by atoms with E-state index in [2.05, 4.69) is 35.5 Å². The standard InChI is InChI=1S/C18H29N3O/c1-14(2)17(16-4-3-9-20-12-16)13-21-18(22)6-5-15-7-10-19-11-8-15/h3-4,9,12,14-15,17,19H,5-8,10-11,13H2,1-2H3,(H,21,22). The summed E-state index contributed by atoms with van der Waals surface area (Å²) in [4.78, 5) is 16.3. The van der Waals surface area contributed by atoms with Crippen LogP contribution in [0.15, 0.2) is 24.5 Å². The molecular weight excluding hydrogens is 274 g/mol. The zero-order chi connectivity index (χ0) is 15.8. The van der Waals surface area contributed by atoms with Crippen molar-refractivity contribution >= 4 is 5.91 Å². The van der Waals surface area contributed by atoms with Crippen LogP contribution in [0.25, 0.3) is 0 Å². The SMILES string of the molecule is CC(C)C(CNC(=O)CCC1CCNCC1)c1cccnc1. The number of hydrogen-bond donors (Lipinski definition) is 2. The van der Waals surface area contributed by atoms with Gasteiger partial charge in [0.25, 0.3) is 0 Å². The zero-order valence-electron chi connectivity index (χ0n) is 13.8. The van der Waals surface area contributed by atoms with Gasteiger partial charge in [-0.15, -0.1) is 0 Å². The number of carbonyl (C=O) groups excluding carboxylic acids is 1. The predicted octanol–water partition coefficient (Wildman–Crippen LogP) is 2.72. The fourth-order valence-corrected chi connectivity index (χ4v) is 3.15. The first-order chi connectivity index (χ1) is 10.7. The Morgan fingerprint density at radius 3 is 2.82 bits per heavy atom. The van der Waals surface area contributed by atoms with Gasteiger partial charge in [0, 0.05) is 31.3 Å². The molecule has 1 unspecified atom stereocenters. The molecule has 1 aromatic heterocycles. The van der Waals surface area contributed by atoms with E-state index in [0.29, 0.717) is 30.7 Å². The lowest BCUT2D eigenvalue weighted by Gasteiger charge is -2.23. The summed E-state index contributed by atoms with van der Waals surface area (Å²) in [7, 11) is 0. The van der Waals surface area contributed by atoms with Crippen LogP contribution in [0.5, 0.6) is 0 Å². The van der Waals surface area contributed by atoms with E-state index in [0.717, 1.165) is 19.5 Å². The van der Waals surface area contributed by atoms with Gasteiger partial charge >= 0.3 is 0 Å². The average Bonchev–Trinajstić information content (AvgIpc) is 2.55. The van der Waals surface area contributed by atoms with Gasteiger partial charge in [0.1, 0.15) is 0 Å². The van der Waals surface area contributed by atoms with Gasteiger partial charge in [0.2, 0.25) is 5.91 Å². The second-order valence-corrected chi connectivity index (χ2v) is 6.67. The quantitative estimate of drug-likeness (QED) is 0.814. The molecule has 4 heteroatoms. The van der Waals surface area contributed by atoms with Crippen LogP contribution in [0.3, 0.4) is 0 Å². The molecule has 1 saturated heterocycles. The second-order valence-electron chi connectivity index (χ2n) is 6.67. The molecular formula is C18H29N3O. The Morgan fingerprint density at radius 2 is 2.18 bits per heavy atom. The molecule has 0 aliphatic carbocycles. The van der Waals surface area contributed by atoms with Crippen molar-refractivity contribution in [1.29, 1.82) is 0 Å². The van der Waals surface area contributed by atoms with Crippen LogP contribution in [0.4, 0.5) is 0 Å². The van der Waals surface area contributed by atoms with Gasteiger partial charge in [-0.1, -0.05) is 19.9 Å². The lowest BCUT2D eigenvalue weighted by molar-refractivity contribution is -0.121. The summed E-state index contributed by atoms with van der Waals surface area (Å²) in [6.45, 7) is 7.29. The molecule has 0 saturated carbocycles. The summed E-state index contributed by atoms with van der Waals surface area (Å²) in [6, 6.07) is 4.06. The fourth-order valence-electron chi connectivity index (χ4n) is 3.15. The van der Waals surface area contributed by atoms with E-state index in [-0.39, 0.29) is 5.91 Å². The van der Waals surface area contributed by atoms with Crippen molar-refractivity contribution in [2.45, 2.75) is 45.4 Å². The van der Waals surface area contributed by atoms with Crippen molar-refractivity contribution in [2.75, 3.05) is 19.6 Å². The Morgan fingerprint density at radius 1 is 1.41 bits per heavy atom. The molecule has 1 atom stereocenters. The average molecular weight is 303 g/mol. The molecule has 0 aromatic carbocycles. The first kappa shape index (κ1) is 16.9. The molecule has 1 fully saturated rings. The third-order valence-corrected chi connectivity index (χ3v) is 4.67. The Hall–Kier alpha value is -1.42. The minimum absolute atomic E-state index is 0.188. The predicted molar refractivity (Wildman–Crippen MR) is 89.7 cm³/mol. The van der Waals surface area contributed by atoms with Crippen LogP contribution in [0.1, 0.15) is 51.0 Å². The number of nitrogens with one attached hydrogen (secondary N) is 2. The van der Waals surface area contributed by atoms with Crippen LogP contribution in [-0.4, -0.2) is 30.5 Å². The maximum Gasteiger partial charge on any atom is 0.220 e. The second kappa shape index (κ2) is 8.89. The maximum absolute atomic E-state index is 12.1. The van der Waals surface area contributed by atoms with E-state index in [9.17, 15) is 4.79 Å². The summed E-state index contributed by atoms with van der Waals surface area (Å²) in [5, 5.41) is 6.49. The number of piperidine rings is 1. The lowest BCUT2D eigenvalue weighted by atomic mass is 9.89. The topological polar surface area (TPSA) is 54.0 Å². The molecule has 1 aliphatic rings. The van der Waals surface area contributed by atoms with Crippen molar-refractivity contribution in [3.63, 3.8) is 0 Å². The summed E-state index contributed by atoms with van der Waals surface area (Å²) in [5.41, 5.74) is 1.20. The van der Waals surface area contributed by atoms with Crippen LogP contribution < -0.4 is 10.6 Å². The van der Waals surface area contributed by atoms with E-state index in [1.54, 1.807) is 6.20 Å². The molecule has 22 heavy (non-hydrogen) atoms. The number of hydrogen-bond acceptors (Lipinski definition) is 3. The van der Waals surface area contributed by atoms with Gasteiger partial charge in [-0.2, -0.15) is 0 Å². The molecule has 0 bridgehead atoms. The molecule has 2 heterocycles. The lowest BCUT2D eigenvalue weighted by Crippen LogP contribution is -2.32. The number of amides is 1. The smallest absolute Gasteiger partial charge is 0.220 e. The highest BCUT2D eigenvalue weighted by atomic mass is 16.1. The zero-order valence-corrected chi connectivity index (χ0v) is 13.8. The van der Waals surface area contributed by atoms with Crippen molar-refractivity contribution in [3.05, 3.63) is 30.1 Å². The summed E-state index contributed by atoms with van der Waals surface area (Å²) in [6.07, 6.45) is 7.79. The first-order valence-corrected chi connectivity index (χ1v) is 8.54. The normalized spacial score (nSPS) is 17.4. The van der Waals surface area contributed by atoms with E-state index in [4.69, 9.17) is 0 Å². The van der Waals surface area contributed by atoms with Crippen molar-refractivity contribution in [2.24, 2.45) is 11.8 Å². The molecule has 0 radical (unpaired) electrons. The molecule has 122 valence electrons. The molecule has 1 aromatic rings. The number of pyridine rings is 1. The van der Waals surface area contributed by atoms with Crippen LogP contribution >= 0.6 is 0 Å². The number of carbonyl (C=O) groups is 1. The monoisotopic (exact) mass is 303 g/mol. The van der Waals surface area contributed by atoms with Crippen molar-refractivity contribution in [1.82, 2.24) is 15.6 Å². The molecule has 2 rings (SSSR count). The molecule has 1 amide bonds. The van der Waals surface area contributed by atoms with Gasteiger partial charge in [0.05, 0.1) is 0 Å². The molecule has 4 nitrogen and oxygen atoms in total. The maximum atomic E-state index is 12.1. The Labute approximate surface area is 134 Å². The van der Waals surface area contributed by atoms with Gasteiger partial charge < -0.3 is 10.6 Å². The first-order valence-electron chi connectivity index (χ1n) is 8.54.